The second-order valence-corrected chi connectivity index (χ2v) is 9.55. The van der Waals surface area contributed by atoms with Gasteiger partial charge in [0.2, 0.25) is 0 Å². The van der Waals surface area contributed by atoms with E-state index in [1.807, 2.05) is 30.3 Å². The summed E-state index contributed by atoms with van der Waals surface area (Å²) in [5.41, 5.74) is 4.02. The first kappa shape index (κ1) is 26.1. The maximum absolute atomic E-state index is 12.3. The fourth-order valence-electron chi connectivity index (χ4n) is 4.01. The van der Waals surface area contributed by atoms with Crippen molar-refractivity contribution in [1.29, 1.82) is 0 Å². The quantitative estimate of drug-likeness (QED) is 0.180. The molecule has 1 aromatic heterocycles. The normalized spacial score (nSPS) is 12.7. The monoisotopic (exact) mass is 528 g/mol. The molecule has 0 unspecified atom stereocenters. The highest BCUT2D eigenvalue weighted by Crippen LogP contribution is 2.35. The third kappa shape index (κ3) is 6.40. The number of ether oxygens (including phenoxy) is 3. The maximum Gasteiger partial charge on any atom is 0.251 e. The van der Waals surface area contributed by atoms with Gasteiger partial charge in [0.15, 0.2) is 16.7 Å². The molecule has 36 heavy (non-hydrogen) atoms. The van der Waals surface area contributed by atoms with Gasteiger partial charge in [-0.25, -0.2) is 9.97 Å². The Labute approximate surface area is 220 Å². The minimum Gasteiger partial charge on any atom is -0.493 e. The second-order valence-electron chi connectivity index (χ2n) is 8.22. The van der Waals surface area contributed by atoms with Crippen LogP contribution < -0.4 is 19.7 Å². The fourth-order valence-corrected chi connectivity index (χ4v) is 5.03. The van der Waals surface area contributed by atoms with Gasteiger partial charge in [-0.2, -0.15) is 0 Å². The molecule has 0 spiro atoms. The zero-order chi connectivity index (χ0) is 25.5. The fraction of sp³-hybridized carbons (Fsp3) is 0.346. The Morgan fingerprint density at radius 2 is 1.86 bits per heavy atom. The zero-order valence-electron chi connectivity index (χ0n) is 20.5. The molecule has 0 fully saturated rings. The Kier molecular flexibility index (Phi) is 8.90. The molecule has 10 heteroatoms. The topological polar surface area (TPSA) is 85.8 Å². The molecule has 0 saturated carbocycles. The van der Waals surface area contributed by atoms with Gasteiger partial charge in [0.25, 0.3) is 5.91 Å². The van der Waals surface area contributed by atoms with Crippen LogP contribution in [0.5, 0.6) is 11.5 Å². The van der Waals surface area contributed by atoms with Crippen LogP contribution in [0, 0.1) is 0 Å². The Hall–Kier alpha value is -3.01. The zero-order valence-corrected chi connectivity index (χ0v) is 22.1. The summed E-state index contributed by atoms with van der Waals surface area (Å²) in [5, 5.41) is 3.82. The molecular weight excluding hydrogens is 500 g/mol. The van der Waals surface area contributed by atoms with E-state index in [-0.39, 0.29) is 5.91 Å². The number of rotatable bonds is 10. The van der Waals surface area contributed by atoms with Crippen LogP contribution in [0.4, 0.5) is 5.82 Å². The van der Waals surface area contributed by atoms with Gasteiger partial charge < -0.3 is 24.4 Å². The lowest BCUT2D eigenvalue weighted by molar-refractivity contribution is 0.0937. The van der Waals surface area contributed by atoms with Crippen LogP contribution in [0.1, 0.15) is 27.0 Å². The Balaban J connectivity index is 1.45. The number of nitrogens with zero attached hydrogens (tertiary/aromatic N) is 3. The van der Waals surface area contributed by atoms with Crippen LogP contribution in [0.3, 0.4) is 0 Å². The molecular formula is C26H29ClN4O4S. The van der Waals surface area contributed by atoms with Crippen molar-refractivity contribution in [3.8, 4) is 11.5 Å². The van der Waals surface area contributed by atoms with Crippen LogP contribution in [-0.4, -0.2) is 56.9 Å². The average Bonchev–Trinajstić information content (AvgIpc) is 2.90. The first-order valence-corrected chi connectivity index (χ1v) is 12.9. The number of hydrogen-bond acceptors (Lipinski definition) is 8. The van der Waals surface area contributed by atoms with Gasteiger partial charge in [-0.3, -0.25) is 4.79 Å². The van der Waals surface area contributed by atoms with Crippen molar-refractivity contribution >= 4 is 35.1 Å². The largest absolute Gasteiger partial charge is 0.493 e. The van der Waals surface area contributed by atoms with E-state index in [0.29, 0.717) is 47.1 Å². The summed E-state index contributed by atoms with van der Waals surface area (Å²) in [5.74, 6) is 2.72. The van der Waals surface area contributed by atoms with Crippen molar-refractivity contribution in [2.45, 2.75) is 23.9 Å². The summed E-state index contributed by atoms with van der Waals surface area (Å²) in [4.78, 5) is 23.7. The molecule has 1 N–H and O–H groups in total. The smallest absolute Gasteiger partial charge is 0.251 e. The van der Waals surface area contributed by atoms with Crippen LogP contribution in [0.15, 0.2) is 47.6 Å². The highest BCUT2D eigenvalue weighted by molar-refractivity contribution is 7.98. The number of nitrogens with one attached hydrogen (secondary N) is 1. The molecule has 0 bridgehead atoms. The van der Waals surface area contributed by atoms with E-state index in [1.54, 1.807) is 33.5 Å². The van der Waals surface area contributed by atoms with Crippen LogP contribution in [0.2, 0.25) is 5.15 Å². The molecule has 190 valence electrons. The lowest BCUT2D eigenvalue weighted by Crippen LogP contribution is -2.31. The number of thioether (sulfide) groups is 1. The molecule has 1 amide bonds. The first-order valence-electron chi connectivity index (χ1n) is 11.5. The molecule has 1 aliphatic rings. The van der Waals surface area contributed by atoms with Gasteiger partial charge in [-0.15, -0.1) is 0 Å². The lowest BCUT2D eigenvalue weighted by Gasteiger charge is -2.30. The Morgan fingerprint density at radius 1 is 1.08 bits per heavy atom. The number of amides is 1. The molecule has 0 saturated heterocycles. The number of halogens is 1. The van der Waals surface area contributed by atoms with E-state index in [9.17, 15) is 4.79 Å². The second kappa shape index (κ2) is 12.3. The number of anilines is 1. The molecule has 0 atom stereocenters. The Bertz CT molecular complexity index is 1230. The summed E-state index contributed by atoms with van der Waals surface area (Å²) in [6.45, 7) is 2.43. The van der Waals surface area contributed by atoms with Crippen molar-refractivity contribution in [3.63, 3.8) is 0 Å². The van der Waals surface area contributed by atoms with Crippen molar-refractivity contribution in [1.82, 2.24) is 15.3 Å². The number of hydrogen-bond donors (Lipinski definition) is 1. The molecule has 2 heterocycles. The lowest BCUT2D eigenvalue weighted by atomic mass is 9.99. The predicted molar refractivity (Wildman–Crippen MR) is 142 cm³/mol. The minimum absolute atomic E-state index is 0.125. The molecule has 1 aliphatic heterocycles. The maximum atomic E-state index is 12.3. The highest BCUT2D eigenvalue weighted by atomic mass is 35.5. The standard InChI is InChI=1S/C26H29ClN4O4S/c1-33-10-8-28-25(32)19-6-4-5-17(11-19)16-36-26-29-23(27)14-24(30-26)31-9-7-18-12-21(34-2)22(35-3)13-20(18)15-31/h4-6,11-14H,7-10,15-16H2,1-3H3,(H,28,32). The number of fused-ring (bicyclic) bond motifs is 1. The van der Waals surface area contributed by atoms with Crippen LogP contribution in [-0.2, 0) is 23.5 Å². The van der Waals surface area contributed by atoms with E-state index >= 15 is 0 Å². The van der Waals surface area contributed by atoms with E-state index < -0.39 is 0 Å². The molecule has 8 nitrogen and oxygen atoms in total. The molecule has 0 aliphatic carbocycles. The average molecular weight is 529 g/mol. The van der Waals surface area contributed by atoms with Gasteiger partial charge in [-0.05, 0) is 47.4 Å². The van der Waals surface area contributed by atoms with Crippen molar-refractivity contribution in [2.24, 2.45) is 0 Å². The number of carbonyl (C=O) groups excluding carboxylic acids is 1. The van der Waals surface area contributed by atoms with Crippen LogP contribution >= 0.6 is 23.4 Å². The van der Waals surface area contributed by atoms with Gasteiger partial charge in [0.05, 0.1) is 20.8 Å². The third-order valence-corrected chi connectivity index (χ3v) is 6.96. The van der Waals surface area contributed by atoms with Crippen molar-refractivity contribution in [3.05, 3.63) is 69.9 Å². The number of benzene rings is 2. The first-order chi connectivity index (χ1) is 17.5. The van der Waals surface area contributed by atoms with E-state index in [1.165, 1.54) is 22.9 Å². The van der Waals surface area contributed by atoms with E-state index in [2.05, 4.69) is 15.2 Å². The third-order valence-electron chi connectivity index (χ3n) is 5.85. The summed E-state index contributed by atoms with van der Waals surface area (Å²) < 4.78 is 15.9. The summed E-state index contributed by atoms with van der Waals surface area (Å²) in [6, 6.07) is 13.4. The van der Waals surface area contributed by atoms with Gasteiger partial charge in [0.1, 0.15) is 11.0 Å². The number of carbonyl (C=O) groups is 1. The predicted octanol–water partition coefficient (Wildman–Crippen LogP) is 4.38. The van der Waals surface area contributed by atoms with Crippen molar-refractivity contribution in [2.75, 3.05) is 45.9 Å². The number of aromatic nitrogens is 2. The van der Waals surface area contributed by atoms with Crippen LogP contribution in [0.25, 0.3) is 0 Å². The molecule has 4 rings (SSSR count). The van der Waals surface area contributed by atoms with Gasteiger partial charge >= 0.3 is 0 Å². The summed E-state index contributed by atoms with van der Waals surface area (Å²) >= 11 is 7.86. The molecule has 3 aromatic rings. The van der Waals surface area contributed by atoms with E-state index in [4.69, 9.17) is 30.8 Å². The minimum atomic E-state index is -0.125. The Morgan fingerprint density at radius 3 is 2.61 bits per heavy atom. The van der Waals surface area contributed by atoms with Gasteiger partial charge in [-0.1, -0.05) is 35.5 Å². The number of methoxy groups -OCH3 is 3. The highest BCUT2D eigenvalue weighted by Gasteiger charge is 2.21. The van der Waals surface area contributed by atoms with Crippen molar-refractivity contribution < 1.29 is 19.0 Å². The SMILES string of the molecule is COCCNC(=O)c1cccc(CSc2nc(Cl)cc(N3CCc4cc(OC)c(OC)cc4C3)n2)c1. The van der Waals surface area contributed by atoms with Gasteiger partial charge in [0, 0.05) is 44.1 Å². The van der Waals surface area contributed by atoms with E-state index in [0.717, 1.165) is 30.1 Å². The summed E-state index contributed by atoms with van der Waals surface area (Å²) in [7, 11) is 4.89. The molecule has 0 radical (unpaired) electrons. The summed E-state index contributed by atoms with van der Waals surface area (Å²) in [6.07, 6.45) is 0.860. The molecule has 2 aromatic carbocycles.